The van der Waals surface area contributed by atoms with Crippen molar-refractivity contribution in [1.82, 2.24) is 20.2 Å². The number of hydrogen-bond acceptors (Lipinski definition) is 6. The number of aromatic nitrogens is 1. The number of likely N-dealkylation sites (tertiary alicyclic amines) is 1. The second kappa shape index (κ2) is 7.69. The van der Waals surface area contributed by atoms with Gasteiger partial charge in [-0.1, -0.05) is 0 Å². The van der Waals surface area contributed by atoms with E-state index in [-0.39, 0.29) is 13.1 Å². The molecule has 2 aromatic rings. The lowest BCUT2D eigenvalue weighted by Gasteiger charge is -2.40. The monoisotopic (exact) mass is 423 g/mol. The van der Waals surface area contributed by atoms with Gasteiger partial charge in [-0.2, -0.15) is 14.5 Å². The van der Waals surface area contributed by atoms with Gasteiger partial charge in [0.2, 0.25) is 5.69 Å². The lowest BCUT2D eigenvalue weighted by atomic mass is 10.0. The summed E-state index contributed by atoms with van der Waals surface area (Å²) < 4.78 is 50.6. The molecule has 30 heavy (non-hydrogen) atoms. The van der Waals surface area contributed by atoms with Gasteiger partial charge in [0.05, 0.1) is 19.1 Å². The van der Waals surface area contributed by atoms with Crippen molar-refractivity contribution in [2.45, 2.75) is 18.6 Å². The van der Waals surface area contributed by atoms with Gasteiger partial charge in [-0.3, -0.25) is 4.79 Å². The summed E-state index contributed by atoms with van der Waals surface area (Å²) in [6.07, 6.45) is 0.867. The standard InChI is InChI=1S/C18H16F3N5O4/c1-22-16(27)14-15(21)30-17(24-14)29-12-7-25(8-12)18(28)26-13(2-3-23-26)9-4-10(19)6-11(20)5-9/h3-6,12-13H,2,7-8H2,1H3,(H,22,27). The number of oxazole rings is 1. The minimum atomic E-state index is -1.17. The third-order valence-corrected chi connectivity index (χ3v) is 4.69. The van der Waals surface area contributed by atoms with Gasteiger partial charge >= 0.3 is 18.1 Å². The van der Waals surface area contributed by atoms with Gasteiger partial charge in [-0.25, -0.2) is 18.6 Å². The second-order valence-corrected chi connectivity index (χ2v) is 6.71. The van der Waals surface area contributed by atoms with Crippen LogP contribution in [-0.2, 0) is 0 Å². The number of hydrazone groups is 1. The third-order valence-electron chi connectivity index (χ3n) is 4.69. The molecule has 0 radical (unpaired) electrons. The maximum Gasteiger partial charge on any atom is 0.397 e. The zero-order chi connectivity index (χ0) is 21.4. The highest BCUT2D eigenvalue weighted by molar-refractivity contribution is 5.92. The minimum absolute atomic E-state index is 0.133. The molecule has 9 nitrogen and oxygen atoms in total. The number of rotatable bonds is 4. The van der Waals surface area contributed by atoms with Crippen molar-refractivity contribution in [2.24, 2.45) is 5.10 Å². The van der Waals surface area contributed by atoms with E-state index in [2.05, 4.69) is 19.8 Å². The number of benzene rings is 1. The molecule has 0 bridgehead atoms. The zero-order valence-electron chi connectivity index (χ0n) is 15.6. The summed E-state index contributed by atoms with van der Waals surface area (Å²) in [5.74, 6) is -2.24. The van der Waals surface area contributed by atoms with Crippen LogP contribution in [0.15, 0.2) is 27.7 Å². The summed E-state index contributed by atoms with van der Waals surface area (Å²) >= 11 is 0. The van der Waals surface area contributed by atoms with Crippen LogP contribution in [0, 0.1) is 17.6 Å². The molecule has 1 atom stereocenters. The number of amides is 3. The van der Waals surface area contributed by atoms with Gasteiger partial charge in [0, 0.05) is 25.7 Å². The van der Waals surface area contributed by atoms with E-state index >= 15 is 0 Å². The number of nitrogens with one attached hydrogen (secondary N) is 1. The van der Waals surface area contributed by atoms with Crippen molar-refractivity contribution in [2.75, 3.05) is 20.1 Å². The van der Waals surface area contributed by atoms with Crippen LogP contribution < -0.4 is 10.1 Å². The maximum atomic E-state index is 13.6. The number of ether oxygens (including phenoxy) is 1. The van der Waals surface area contributed by atoms with Gasteiger partial charge < -0.3 is 19.4 Å². The number of hydrogen-bond donors (Lipinski definition) is 1. The van der Waals surface area contributed by atoms with Gasteiger partial charge in [0.15, 0.2) is 0 Å². The average molecular weight is 423 g/mol. The zero-order valence-corrected chi connectivity index (χ0v) is 15.6. The molecule has 12 heteroatoms. The SMILES string of the molecule is CNC(=O)c1nc(OC2CN(C(=O)N3N=CCC3c3cc(F)cc(F)c3)C2)oc1F. The highest BCUT2D eigenvalue weighted by atomic mass is 19.1. The van der Waals surface area contributed by atoms with Gasteiger partial charge in [-0.05, 0) is 17.7 Å². The van der Waals surface area contributed by atoms with Crippen LogP contribution in [0.4, 0.5) is 18.0 Å². The molecule has 4 rings (SSSR count). The molecule has 3 heterocycles. The van der Waals surface area contributed by atoms with Crippen molar-refractivity contribution < 1.29 is 31.9 Å². The molecule has 3 amide bonds. The Balaban J connectivity index is 1.37. The lowest BCUT2D eigenvalue weighted by Crippen LogP contribution is -2.58. The van der Waals surface area contributed by atoms with E-state index in [1.807, 2.05) is 0 Å². The molecular formula is C18H16F3N5O4. The second-order valence-electron chi connectivity index (χ2n) is 6.71. The molecule has 1 aromatic heterocycles. The lowest BCUT2D eigenvalue weighted by molar-refractivity contribution is 0.00910. The van der Waals surface area contributed by atoms with Gasteiger partial charge in [0.1, 0.15) is 17.7 Å². The average Bonchev–Trinajstić information content (AvgIpc) is 3.29. The molecule has 1 aromatic carbocycles. The molecule has 1 saturated heterocycles. The topological polar surface area (TPSA) is 100 Å². The quantitative estimate of drug-likeness (QED) is 0.812. The summed E-state index contributed by atoms with van der Waals surface area (Å²) in [5.41, 5.74) is -0.236. The van der Waals surface area contributed by atoms with Crippen LogP contribution in [0.1, 0.15) is 28.5 Å². The normalized spacial score (nSPS) is 18.5. The molecule has 2 aliphatic heterocycles. The number of carbonyl (C=O) groups excluding carboxylic acids is 2. The molecule has 1 N–H and O–H groups in total. The molecule has 1 unspecified atom stereocenters. The van der Waals surface area contributed by atoms with Crippen LogP contribution >= 0.6 is 0 Å². The number of carbonyl (C=O) groups is 2. The number of nitrogens with zero attached hydrogens (tertiary/aromatic N) is 4. The number of urea groups is 1. The molecule has 1 fully saturated rings. The Kier molecular flexibility index (Phi) is 5.06. The highest BCUT2D eigenvalue weighted by Crippen LogP contribution is 2.31. The van der Waals surface area contributed by atoms with E-state index in [0.29, 0.717) is 12.0 Å². The Bertz CT molecular complexity index is 1000. The van der Waals surface area contributed by atoms with E-state index in [9.17, 15) is 22.8 Å². The summed E-state index contributed by atoms with van der Waals surface area (Å²) in [7, 11) is 1.32. The van der Waals surface area contributed by atoms with E-state index in [0.717, 1.165) is 23.2 Å². The predicted molar refractivity (Wildman–Crippen MR) is 95.3 cm³/mol. The summed E-state index contributed by atoms with van der Waals surface area (Å²) in [6, 6.07) is 0.802. The predicted octanol–water partition coefficient (Wildman–Crippen LogP) is 2.07. The van der Waals surface area contributed by atoms with Crippen molar-refractivity contribution >= 4 is 18.2 Å². The Morgan fingerprint density at radius 1 is 1.20 bits per heavy atom. The van der Waals surface area contributed by atoms with Crippen LogP contribution in [0.2, 0.25) is 0 Å². The maximum absolute atomic E-state index is 13.6. The fourth-order valence-electron chi connectivity index (χ4n) is 3.19. The third kappa shape index (κ3) is 3.67. The minimum Gasteiger partial charge on any atom is -0.443 e. The fourth-order valence-corrected chi connectivity index (χ4v) is 3.19. The van der Waals surface area contributed by atoms with Gasteiger partial charge in [0.25, 0.3) is 5.91 Å². The smallest absolute Gasteiger partial charge is 0.397 e. The van der Waals surface area contributed by atoms with Crippen LogP contribution in [0.3, 0.4) is 0 Å². The van der Waals surface area contributed by atoms with Gasteiger partial charge in [-0.15, -0.1) is 0 Å². The number of halogens is 3. The summed E-state index contributed by atoms with van der Waals surface area (Å²) in [5, 5.41) is 7.39. The summed E-state index contributed by atoms with van der Waals surface area (Å²) in [6.45, 7) is 0.267. The molecule has 0 saturated carbocycles. The summed E-state index contributed by atoms with van der Waals surface area (Å²) in [4.78, 5) is 29.2. The Labute approximate surface area is 168 Å². The van der Waals surface area contributed by atoms with E-state index < -0.39 is 53.5 Å². The van der Waals surface area contributed by atoms with Crippen molar-refractivity contribution in [3.05, 3.63) is 47.1 Å². The van der Waals surface area contributed by atoms with E-state index in [1.54, 1.807) is 0 Å². The van der Waals surface area contributed by atoms with Crippen molar-refractivity contribution in [3.63, 3.8) is 0 Å². The first kappa shape index (κ1) is 19.7. The molecular weight excluding hydrogens is 407 g/mol. The van der Waals surface area contributed by atoms with Crippen LogP contribution in [0.25, 0.3) is 0 Å². The molecule has 2 aliphatic rings. The first-order chi connectivity index (χ1) is 14.4. The van der Waals surface area contributed by atoms with Crippen molar-refractivity contribution in [3.8, 4) is 6.08 Å². The molecule has 0 aliphatic carbocycles. The first-order valence-electron chi connectivity index (χ1n) is 8.97. The van der Waals surface area contributed by atoms with Crippen LogP contribution in [0.5, 0.6) is 6.08 Å². The first-order valence-corrected chi connectivity index (χ1v) is 8.97. The fraction of sp³-hybridized carbons (Fsp3) is 0.333. The highest BCUT2D eigenvalue weighted by Gasteiger charge is 2.39. The molecule has 0 spiro atoms. The van der Waals surface area contributed by atoms with Crippen LogP contribution in [-0.4, -0.2) is 59.3 Å². The van der Waals surface area contributed by atoms with Crippen molar-refractivity contribution in [1.29, 1.82) is 0 Å². The Morgan fingerprint density at radius 2 is 1.90 bits per heavy atom. The largest absolute Gasteiger partial charge is 0.443 e. The Hall–Kier alpha value is -3.57. The van der Waals surface area contributed by atoms with E-state index in [1.165, 1.54) is 18.2 Å². The molecule has 158 valence electrons. The Morgan fingerprint density at radius 3 is 2.57 bits per heavy atom. The van der Waals surface area contributed by atoms with E-state index in [4.69, 9.17) is 4.74 Å².